The minimum absolute atomic E-state index is 0.0960. The molecule has 2 atom stereocenters. The summed E-state index contributed by atoms with van der Waals surface area (Å²) in [6, 6.07) is 11.9. The fourth-order valence-electron chi connectivity index (χ4n) is 3.21. The first kappa shape index (κ1) is 16.7. The summed E-state index contributed by atoms with van der Waals surface area (Å²) in [6.45, 7) is 7.77. The Bertz CT molecular complexity index is 681. The molecule has 1 amide bonds. The molecule has 1 N–H and O–H groups in total. The van der Waals surface area contributed by atoms with Gasteiger partial charge in [-0.25, -0.2) is 0 Å². The van der Waals surface area contributed by atoms with E-state index in [2.05, 4.69) is 29.2 Å². The number of carbonyl (C=O) groups is 1. The fourth-order valence-corrected chi connectivity index (χ4v) is 3.21. The van der Waals surface area contributed by atoms with Gasteiger partial charge in [0, 0.05) is 30.8 Å². The molecule has 0 saturated carbocycles. The van der Waals surface area contributed by atoms with Crippen LogP contribution in [0.15, 0.2) is 40.9 Å². The number of aromatic nitrogens is 1. The average Bonchev–Trinajstić information content (AvgIpc) is 3.01. The molecule has 24 heavy (non-hydrogen) atoms. The number of nitrogens with zero attached hydrogens (tertiary/aromatic N) is 2. The number of piperazine rings is 1. The lowest BCUT2D eigenvalue weighted by molar-refractivity contribution is -0.130. The van der Waals surface area contributed by atoms with E-state index in [1.54, 1.807) is 0 Å². The van der Waals surface area contributed by atoms with Crippen LogP contribution < -0.4 is 5.32 Å². The molecule has 2 heterocycles. The Balaban J connectivity index is 1.70. The van der Waals surface area contributed by atoms with Gasteiger partial charge in [-0.15, -0.1) is 0 Å². The molecule has 1 saturated heterocycles. The summed E-state index contributed by atoms with van der Waals surface area (Å²) in [4.78, 5) is 14.4. The Morgan fingerprint density at radius 2 is 2.08 bits per heavy atom. The van der Waals surface area contributed by atoms with E-state index in [1.165, 1.54) is 0 Å². The monoisotopic (exact) mass is 327 g/mol. The Morgan fingerprint density at radius 3 is 2.79 bits per heavy atom. The third-order valence-electron chi connectivity index (χ3n) is 4.47. The van der Waals surface area contributed by atoms with Gasteiger partial charge in [0.15, 0.2) is 5.76 Å². The largest absolute Gasteiger partial charge is 0.356 e. The summed E-state index contributed by atoms with van der Waals surface area (Å²) < 4.78 is 5.47. The summed E-state index contributed by atoms with van der Waals surface area (Å²) in [5, 5.41) is 7.30. The van der Waals surface area contributed by atoms with Crippen LogP contribution in [0.4, 0.5) is 0 Å². The van der Waals surface area contributed by atoms with Crippen molar-refractivity contribution in [2.24, 2.45) is 5.92 Å². The number of hydrogen-bond donors (Lipinski definition) is 1. The van der Waals surface area contributed by atoms with Crippen molar-refractivity contribution >= 4 is 5.91 Å². The molecule has 5 nitrogen and oxygen atoms in total. The molecule has 0 aliphatic carbocycles. The van der Waals surface area contributed by atoms with Gasteiger partial charge < -0.3 is 9.84 Å². The van der Waals surface area contributed by atoms with E-state index in [-0.39, 0.29) is 18.0 Å². The van der Waals surface area contributed by atoms with Crippen LogP contribution in [0.25, 0.3) is 11.3 Å². The van der Waals surface area contributed by atoms with Crippen molar-refractivity contribution in [3.8, 4) is 11.3 Å². The Morgan fingerprint density at radius 1 is 1.33 bits per heavy atom. The maximum Gasteiger partial charge on any atom is 0.237 e. The topological polar surface area (TPSA) is 58.4 Å². The van der Waals surface area contributed by atoms with Crippen LogP contribution in [0.1, 0.15) is 32.9 Å². The van der Waals surface area contributed by atoms with E-state index < -0.39 is 0 Å². The lowest BCUT2D eigenvalue weighted by Gasteiger charge is -2.38. The second-order valence-electron chi connectivity index (χ2n) is 6.99. The first-order valence-corrected chi connectivity index (χ1v) is 8.58. The predicted octanol–water partition coefficient (Wildman–Crippen LogP) is 3.08. The molecule has 1 aliphatic heterocycles. The molecular weight excluding hydrogens is 302 g/mol. The molecule has 5 heteroatoms. The van der Waals surface area contributed by atoms with Gasteiger partial charge >= 0.3 is 0 Å². The van der Waals surface area contributed by atoms with Gasteiger partial charge in [-0.3, -0.25) is 9.69 Å². The average molecular weight is 327 g/mol. The number of benzene rings is 1. The molecule has 0 spiro atoms. The second-order valence-corrected chi connectivity index (χ2v) is 6.99. The van der Waals surface area contributed by atoms with E-state index in [1.807, 2.05) is 43.3 Å². The standard InChI is InChI=1S/C19H25N3O2/c1-13(2)9-16-11-22(14(3)19(23)20-16)12-17-10-18(24-21-17)15-7-5-4-6-8-15/h4-8,10,13-14,16H,9,11-12H2,1-3H3,(H,20,23). The zero-order valence-electron chi connectivity index (χ0n) is 14.5. The maximum atomic E-state index is 12.2. The Kier molecular flexibility index (Phi) is 5.00. The number of nitrogens with one attached hydrogen (secondary N) is 1. The zero-order chi connectivity index (χ0) is 17.1. The molecule has 0 radical (unpaired) electrons. The van der Waals surface area contributed by atoms with Crippen molar-refractivity contribution in [2.75, 3.05) is 6.54 Å². The van der Waals surface area contributed by atoms with Crippen molar-refractivity contribution in [3.63, 3.8) is 0 Å². The van der Waals surface area contributed by atoms with Crippen LogP contribution in [0.2, 0.25) is 0 Å². The highest BCUT2D eigenvalue weighted by Gasteiger charge is 2.32. The van der Waals surface area contributed by atoms with Gasteiger partial charge in [-0.05, 0) is 19.3 Å². The second kappa shape index (κ2) is 7.18. The zero-order valence-corrected chi connectivity index (χ0v) is 14.5. The van der Waals surface area contributed by atoms with E-state index in [0.29, 0.717) is 12.5 Å². The van der Waals surface area contributed by atoms with Gasteiger partial charge in [-0.2, -0.15) is 0 Å². The maximum absolute atomic E-state index is 12.2. The third-order valence-corrected chi connectivity index (χ3v) is 4.47. The predicted molar refractivity (Wildman–Crippen MR) is 93.2 cm³/mol. The number of amides is 1. The molecule has 2 unspecified atom stereocenters. The summed E-state index contributed by atoms with van der Waals surface area (Å²) in [5.41, 5.74) is 1.87. The molecule has 128 valence electrons. The normalized spacial score (nSPS) is 21.9. The van der Waals surface area contributed by atoms with Crippen LogP contribution in [0.3, 0.4) is 0 Å². The van der Waals surface area contributed by atoms with E-state index in [9.17, 15) is 4.79 Å². The van der Waals surface area contributed by atoms with Crippen molar-refractivity contribution < 1.29 is 9.32 Å². The van der Waals surface area contributed by atoms with Crippen LogP contribution in [0.5, 0.6) is 0 Å². The highest BCUT2D eigenvalue weighted by atomic mass is 16.5. The smallest absolute Gasteiger partial charge is 0.237 e. The van der Waals surface area contributed by atoms with Crippen LogP contribution >= 0.6 is 0 Å². The Labute approximate surface area is 143 Å². The molecule has 2 aromatic rings. The van der Waals surface area contributed by atoms with E-state index >= 15 is 0 Å². The van der Waals surface area contributed by atoms with Gasteiger partial charge in [-0.1, -0.05) is 49.3 Å². The molecule has 1 aromatic carbocycles. The minimum Gasteiger partial charge on any atom is -0.356 e. The number of hydrogen-bond acceptors (Lipinski definition) is 4. The summed E-state index contributed by atoms with van der Waals surface area (Å²) in [5.74, 6) is 1.42. The van der Waals surface area contributed by atoms with Gasteiger partial charge in [0.1, 0.15) is 0 Å². The summed E-state index contributed by atoms with van der Waals surface area (Å²) in [6.07, 6.45) is 0.989. The SMILES string of the molecule is CC(C)CC1CN(Cc2cc(-c3ccccc3)on2)C(C)C(=O)N1. The van der Waals surface area contributed by atoms with Crippen molar-refractivity contribution in [2.45, 2.75) is 45.8 Å². The number of carbonyl (C=O) groups excluding carboxylic acids is 1. The molecule has 1 aliphatic rings. The Hall–Kier alpha value is -2.14. The fraction of sp³-hybridized carbons (Fsp3) is 0.474. The van der Waals surface area contributed by atoms with Gasteiger partial charge in [0.2, 0.25) is 5.91 Å². The van der Waals surface area contributed by atoms with Crippen molar-refractivity contribution in [1.29, 1.82) is 0 Å². The lowest BCUT2D eigenvalue weighted by atomic mass is 9.99. The molecule has 1 aromatic heterocycles. The molecule has 1 fully saturated rings. The van der Waals surface area contributed by atoms with Crippen molar-refractivity contribution in [1.82, 2.24) is 15.4 Å². The quantitative estimate of drug-likeness (QED) is 0.917. The first-order valence-electron chi connectivity index (χ1n) is 8.58. The van der Waals surface area contributed by atoms with E-state index in [4.69, 9.17) is 4.52 Å². The highest BCUT2D eigenvalue weighted by molar-refractivity contribution is 5.82. The van der Waals surface area contributed by atoms with Crippen molar-refractivity contribution in [3.05, 3.63) is 42.1 Å². The minimum atomic E-state index is -0.148. The molecule has 3 rings (SSSR count). The summed E-state index contributed by atoms with van der Waals surface area (Å²) >= 11 is 0. The lowest BCUT2D eigenvalue weighted by Crippen LogP contribution is -2.58. The molecular formula is C19H25N3O2. The highest BCUT2D eigenvalue weighted by Crippen LogP contribution is 2.22. The van der Waals surface area contributed by atoms with Crippen LogP contribution in [-0.2, 0) is 11.3 Å². The first-order chi connectivity index (χ1) is 11.5. The van der Waals surface area contributed by atoms with Crippen LogP contribution in [0, 0.1) is 5.92 Å². The summed E-state index contributed by atoms with van der Waals surface area (Å²) in [7, 11) is 0. The van der Waals surface area contributed by atoms with Gasteiger partial charge in [0.05, 0.1) is 11.7 Å². The van der Waals surface area contributed by atoms with E-state index in [0.717, 1.165) is 30.0 Å². The molecule has 0 bridgehead atoms. The third kappa shape index (κ3) is 3.85. The van der Waals surface area contributed by atoms with Gasteiger partial charge in [0.25, 0.3) is 0 Å². The number of rotatable bonds is 5. The van der Waals surface area contributed by atoms with Crippen LogP contribution in [-0.4, -0.2) is 34.6 Å².